The highest BCUT2D eigenvalue weighted by Crippen LogP contribution is 2.21. The molecule has 2 aromatic heterocycles. The summed E-state index contributed by atoms with van der Waals surface area (Å²) in [5.74, 6) is -1.02. The van der Waals surface area contributed by atoms with Crippen molar-refractivity contribution >= 4 is 44.9 Å². The SMILES string of the molecule is CC(=O)c1c(C)[nH]c(C(=O)NNC(=O)c2ccc(Br)s2)c1C. The lowest BCUT2D eigenvalue weighted by Gasteiger charge is -2.06. The number of H-pyrrole nitrogens is 1. The Kier molecular flexibility index (Phi) is 4.82. The highest BCUT2D eigenvalue weighted by molar-refractivity contribution is 9.11. The van der Waals surface area contributed by atoms with Gasteiger partial charge < -0.3 is 4.98 Å². The number of Topliss-reactive ketones (excluding diaryl/α,β-unsaturated/α-hetero) is 1. The second-order valence-electron chi connectivity index (χ2n) is 4.69. The number of hydrogen-bond acceptors (Lipinski definition) is 4. The van der Waals surface area contributed by atoms with Crippen molar-refractivity contribution in [3.63, 3.8) is 0 Å². The number of aromatic amines is 1. The molecule has 116 valence electrons. The van der Waals surface area contributed by atoms with Crippen LogP contribution in [0.5, 0.6) is 0 Å². The van der Waals surface area contributed by atoms with E-state index in [9.17, 15) is 14.4 Å². The number of rotatable bonds is 3. The molecule has 0 aromatic carbocycles. The van der Waals surface area contributed by atoms with E-state index >= 15 is 0 Å². The predicted molar refractivity (Wildman–Crippen MR) is 87.2 cm³/mol. The van der Waals surface area contributed by atoms with Crippen LogP contribution in [0.25, 0.3) is 0 Å². The summed E-state index contributed by atoms with van der Waals surface area (Å²) in [4.78, 5) is 38.9. The van der Waals surface area contributed by atoms with Crippen LogP contribution in [-0.2, 0) is 0 Å². The Morgan fingerprint density at radius 1 is 1.14 bits per heavy atom. The van der Waals surface area contributed by atoms with E-state index in [-0.39, 0.29) is 11.5 Å². The van der Waals surface area contributed by atoms with Gasteiger partial charge in [0.05, 0.1) is 8.66 Å². The van der Waals surface area contributed by atoms with Crippen molar-refractivity contribution in [2.75, 3.05) is 0 Å². The van der Waals surface area contributed by atoms with Crippen LogP contribution >= 0.6 is 27.3 Å². The van der Waals surface area contributed by atoms with Crippen LogP contribution in [0.1, 0.15) is 48.7 Å². The Balaban J connectivity index is 2.09. The van der Waals surface area contributed by atoms with Crippen molar-refractivity contribution in [2.45, 2.75) is 20.8 Å². The maximum Gasteiger partial charge on any atom is 0.286 e. The number of halogens is 1. The van der Waals surface area contributed by atoms with E-state index in [2.05, 4.69) is 31.8 Å². The second-order valence-corrected chi connectivity index (χ2v) is 7.16. The van der Waals surface area contributed by atoms with Gasteiger partial charge in [-0.2, -0.15) is 0 Å². The summed E-state index contributed by atoms with van der Waals surface area (Å²) in [7, 11) is 0. The average Bonchev–Trinajstić information content (AvgIpc) is 2.99. The molecule has 2 aromatic rings. The van der Waals surface area contributed by atoms with Gasteiger partial charge in [-0.3, -0.25) is 25.2 Å². The Labute approximate surface area is 139 Å². The lowest BCUT2D eigenvalue weighted by molar-refractivity contribution is 0.0846. The number of thiophene rings is 1. The number of carbonyl (C=O) groups excluding carboxylic acids is 3. The molecule has 0 aliphatic heterocycles. The fourth-order valence-corrected chi connectivity index (χ4v) is 3.46. The fourth-order valence-electron chi connectivity index (χ4n) is 2.18. The summed E-state index contributed by atoms with van der Waals surface area (Å²) in [6.45, 7) is 4.86. The van der Waals surface area contributed by atoms with Gasteiger partial charge in [-0.05, 0) is 54.4 Å². The first-order valence-corrected chi connectivity index (χ1v) is 7.98. The quantitative estimate of drug-likeness (QED) is 0.561. The van der Waals surface area contributed by atoms with Gasteiger partial charge in [0.2, 0.25) is 0 Å². The molecule has 0 atom stereocenters. The van der Waals surface area contributed by atoms with Gasteiger partial charge in [-0.1, -0.05) is 0 Å². The average molecular weight is 384 g/mol. The van der Waals surface area contributed by atoms with E-state index in [1.807, 2.05) is 0 Å². The second kappa shape index (κ2) is 6.45. The lowest BCUT2D eigenvalue weighted by Crippen LogP contribution is -2.41. The fraction of sp³-hybridized carbons (Fsp3) is 0.214. The molecule has 0 saturated heterocycles. The Morgan fingerprint density at radius 3 is 2.27 bits per heavy atom. The van der Waals surface area contributed by atoms with Crippen LogP contribution < -0.4 is 10.9 Å². The van der Waals surface area contributed by atoms with Crippen LogP contribution in [0.3, 0.4) is 0 Å². The molecule has 0 spiro atoms. The third kappa shape index (κ3) is 3.28. The first-order valence-electron chi connectivity index (χ1n) is 6.37. The Bertz CT molecular complexity index is 763. The number of nitrogens with one attached hydrogen (secondary N) is 3. The molecule has 2 heterocycles. The van der Waals surface area contributed by atoms with Crippen LogP contribution in [-0.4, -0.2) is 22.6 Å². The van der Waals surface area contributed by atoms with Crippen LogP contribution in [0.2, 0.25) is 0 Å². The summed E-state index contributed by atoms with van der Waals surface area (Å²) in [6.07, 6.45) is 0. The van der Waals surface area contributed by atoms with E-state index in [4.69, 9.17) is 0 Å². The molecule has 0 saturated carbocycles. The first-order chi connectivity index (χ1) is 10.3. The van der Waals surface area contributed by atoms with Crippen molar-refractivity contribution in [3.05, 3.63) is 43.3 Å². The predicted octanol–water partition coefficient (Wildman–Crippen LogP) is 2.73. The van der Waals surface area contributed by atoms with Gasteiger partial charge >= 0.3 is 0 Å². The minimum absolute atomic E-state index is 0.113. The van der Waals surface area contributed by atoms with E-state index in [1.165, 1.54) is 18.3 Å². The number of aromatic nitrogens is 1. The largest absolute Gasteiger partial charge is 0.354 e. The molecular weight excluding hydrogens is 370 g/mol. The van der Waals surface area contributed by atoms with Crippen LogP contribution in [0.15, 0.2) is 15.9 Å². The number of ketones is 1. The zero-order valence-electron chi connectivity index (χ0n) is 12.2. The maximum atomic E-state index is 12.1. The molecule has 2 rings (SSSR count). The minimum Gasteiger partial charge on any atom is -0.354 e. The van der Waals surface area contributed by atoms with Crippen molar-refractivity contribution in [1.29, 1.82) is 0 Å². The van der Waals surface area contributed by atoms with Gasteiger partial charge in [-0.25, -0.2) is 0 Å². The number of carbonyl (C=O) groups is 3. The van der Waals surface area contributed by atoms with E-state index in [0.29, 0.717) is 21.7 Å². The molecule has 2 amide bonds. The highest BCUT2D eigenvalue weighted by atomic mass is 79.9. The van der Waals surface area contributed by atoms with Gasteiger partial charge in [0.1, 0.15) is 5.69 Å². The number of hydrazine groups is 1. The zero-order chi connectivity index (χ0) is 16.4. The third-order valence-corrected chi connectivity index (χ3v) is 4.73. The number of hydrogen-bond donors (Lipinski definition) is 3. The monoisotopic (exact) mass is 383 g/mol. The van der Waals surface area contributed by atoms with Crippen molar-refractivity contribution in [3.8, 4) is 0 Å². The molecule has 0 fully saturated rings. The maximum absolute atomic E-state index is 12.1. The zero-order valence-corrected chi connectivity index (χ0v) is 14.6. The summed E-state index contributed by atoms with van der Waals surface area (Å²) >= 11 is 4.52. The summed E-state index contributed by atoms with van der Waals surface area (Å²) in [5.41, 5.74) is 6.63. The number of aryl methyl sites for hydroxylation is 1. The van der Waals surface area contributed by atoms with Gasteiger partial charge in [0.15, 0.2) is 5.78 Å². The van der Waals surface area contributed by atoms with Crippen molar-refractivity contribution < 1.29 is 14.4 Å². The smallest absolute Gasteiger partial charge is 0.286 e. The van der Waals surface area contributed by atoms with E-state index < -0.39 is 11.8 Å². The molecule has 0 radical (unpaired) electrons. The van der Waals surface area contributed by atoms with E-state index in [1.54, 1.807) is 26.0 Å². The van der Waals surface area contributed by atoms with Crippen molar-refractivity contribution in [2.24, 2.45) is 0 Å². The standard InChI is InChI=1S/C14H14BrN3O3S/c1-6-11(8(3)19)7(2)16-12(6)14(21)18-17-13(20)9-4-5-10(15)22-9/h4-5,16H,1-3H3,(H,17,20)(H,18,21). The van der Waals surface area contributed by atoms with Crippen LogP contribution in [0, 0.1) is 13.8 Å². The molecule has 8 heteroatoms. The topological polar surface area (TPSA) is 91.1 Å². The number of amides is 2. The van der Waals surface area contributed by atoms with Gasteiger partial charge in [0.25, 0.3) is 11.8 Å². The van der Waals surface area contributed by atoms with Gasteiger partial charge in [0, 0.05) is 11.3 Å². The molecule has 0 unspecified atom stereocenters. The molecule has 0 bridgehead atoms. The highest BCUT2D eigenvalue weighted by Gasteiger charge is 2.20. The van der Waals surface area contributed by atoms with Crippen molar-refractivity contribution in [1.82, 2.24) is 15.8 Å². The molecule has 0 aliphatic rings. The summed E-state index contributed by atoms with van der Waals surface area (Å²) < 4.78 is 0.825. The Morgan fingerprint density at radius 2 is 1.77 bits per heavy atom. The summed E-state index contributed by atoms with van der Waals surface area (Å²) in [6, 6.07) is 3.40. The first kappa shape index (κ1) is 16.4. The Hall–Kier alpha value is -1.93. The van der Waals surface area contributed by atoms with Crippen LogP contribution in [0.4, 0.5) is 0 Å². The lowest BCUT2D eigenvalue weighted by atomic mass is 10.1. The minimum atomic E-state index is -0.503. The normalized spacial score (nSPS) is 10.4. The van der Waals surface area contributed by atoms with E-state index in [0.717, 1.165) is 3.79 Å². The molecule has 3 N–H and O–H groups in total. The summed E-state index contributed by atoms with van der Waals surface area (Å²) in [5, 5.41) is 0. The van der Waals surface area contributed by atoms with Gasteiger partial charge in [-0.15, -0.1) is 11.3 Å². The molecule has 6 nitrogen and oxygen atoms in total. The molecular formula is C14H14BrN3O3S. The molecule has 22 heavy (non-hydrogen) atoms. The molecule has 0 aliphatic carbocycles. The third-order valence-electron chi connectivity index (χ3n) is 3.10.